The van der Waals surface area contributed by atoms with Crippen LogP contribution < -0.4 is 4.86 Å². The van der Waals surface area contributed by atoms with Crippen LogP contribution in [0.3, 0.4) is 0 Å². The van der Waals surface area contributed by atoms with Crippen LogP contribution in [0.15, 0.2) is 9.03 Å². The van der Waals surface area contributed by atoms with E-state index in [1.807, 2.05) is 0 Å². The largest absolute Gasteiger partial charge is 0.213 e. The molecule has 1 heterocycles. The average Bonchev–Trinajstić information content (AvgIpc) is 1.69. The highest BCUT2D eigenvalue weighted by molar-refractivity contribution is 7.66. The molecule has 0 radical (unpaired) electrons. The molecule has 1 rings (SSSR count). The van der Waals surface area contributed by atoms with Gasteiger partial charge in [0.1, 0.15) is 8.52 Å². The van der Waals surface area contributed by atoms with Crippen molar-refractivity contribution in [3.63, 3.8) is 0 Å². The van der Waals surface area contributed by atoms with E-state index < -0.39 is 0 Å². The molecular weight excluding hydrogens is 147 g/mol. The van der Waals surface area contributed by atoms with Gasteiger partial charge in [-0.1, -0.05) is 0 Å². The van der Waals surface area contributed by atoms with Crippen LogP contribution in [0.25, 0.3) is 0 Å². The quantitative estimate of drug-likeness (QED) is 0.530. The number of hydrogen-bond donors (Lipinski definition) is 1. The number of rotatable bonds is 0. The molecule has 38 valence electrons. The Morgan fingerprint density at radius 2 is 2.57 bits per heavy atom. The number of nitrogens with one attached hydrogen (secondary N) is 1. The molecule has 0 aromatic rings. The third-order valence-electron chi connectivity index (χ3n) is 0.448. The molecule has 6 heteroatoms. The van der Waals surface area contributed by atoms with Gasteiger partial charge in [0.2, 0.25) is 0 Å². The molecule has 0 saturated carbocycles. The maximum Gasteiger partial charge on any atom is 0.159 e. The fourth-order valence-corrected chi connectivity index (χ4v) is 2.87. The fraction of sp³-hybridized carbons (Fsp3) is 1.00. The SMILES string of the molecule is CP1N=PN=PN1. The van der Waals surface area contributed by atoms with E-state index in [0.717, 1.165) is 17.0 Å². The van der Waals surface area contributed by atoms with Gasteiger partial charge < -0.3 is 0 Å². The van der Waals surface area contributed by atoms with Crippen LogP contribution >= 0.6 is 25.3 Å². The van der Waals surface area contributed by atoms with Gasteiger partial charge in [0.25, 0.3) is 0 Å². The van der Waals surface area contributed by atoms with Crippen LogP contribution in [0.1, 0.15) is 0 Å². The summed E-state index contributed by atoms with van der Waals surface area (Å²) in [4.78, 5) is 3.08. The maximum absolute atomic E-state index is 4.08. The van der Waals surface area contributed by atoms with Crippen molar-refractivity contribution >= 4 is 25.3 Å². The van der Waals surface area contributed by atoms with Gasteiger partial charge in [0.15, 0.2) is 8.52 Å². The minimum Gasteiger partial charge on any atom is -0.213 e. The summed E-state index contributed by atoms with van der Waals surface area (Å²) in [5, 5.41) is 0. The minimum absolute atomic E-state index is 0.235. The molecule has 1 unspecified atom stereocenters. The van der Waals surface area contributed by atoms with Gasteiger partial charge in [0, 0.05) is 0 Å². The Labute approximate surface area is 46.6 Å². The molecule has 0 aliphatic carbocycles. The van der Waals surface area contributed by atoms with Gasteiger partial charge in [-0.2, -0.15) is 4.52 Å². The van der Waals surface area contributed by atoms with E-state index in [2.05, 4.69) is 20.6 Å². The Balaban J connectivity index is 2.49. The molecule has 0 aromatic heterocycles. The summed E-state index contributed by atoms with van der Waals surface area (Å²) in [5.74, 6) is 0. The van der Waals surface area contributed by atoms with Crippen molar-refractivity contribution < 1.29 is 0 Å². The predicted octanol–water partition coefficient (Wildman–Crippen LogP) is 2.62. The first-order valence-electron chi connectivity index (χ1n) is 1.69. The summed E-state index contributed by atoms with van der Waals surface area (Å²) >= 11 is 0. The van der Waals surface area contributed by atoms with E-state index in [1.165, 1.54) is 0 Å². The summed E-state index contributed by atoms with van der Waals surface area (Å²) in [5.41, 5.74) is 0. The minimum atomic E-state index is -0.235. The molecule has 1 N–H and O–H groups in total. The Kier molecular flexibility index (Phi) is 2.28. The molecule has 0 bridgehead atoms. The lowest BCUT2D eigenvalue weighted by molar-refractivity contribution is 1.60. The van der Waals surface area contributed by atoms with Crippen molar-refractivity contribution in [1.82, 2.24) is 4.86 Å². The second kappa shape index (κ2) is 2.79. The van der Waals surface area contributed by atoms with Gasteiger partial charge in [-0.15, -0.1) is 0 Å². The molecule has 7 heavy (non-hydrogen) atoms. The summed E-state index contributed by atoms with van der Waals surface area (Å²) in [7, 11) is 1.65. The van der Waals surface area contributed by atoms with Crippen LogP contribution in [0.5, 0.6) is 0 Å². The number of hydrogen-bond acceptors (Lipinski definition) is 3. The maximum atomic E-state index is 4.08. The van der Waals surface area contributed by atoms with Crippen LogP contribution in [0, 0.1) is 0 Å². The van der Waals surface area contributed by atoms with Crippen molar-refractivity contribution in [3.8, 4) is 0 Å². The van der Waals surface area contributed by atoms with Crippen LogP contribution in [0.4, 0.5) is 0 Å². The zero-order valence-electron chi connectivity index (χ0n) is 3.74. The highest BCUT2D eigenvalue weighted by Gasteiger charge is 1.95. The zero-order valence-corrected chi connectivity index (χ0v) is 6.42. The monoisotopic (exact) mass is 151 g/mol. The van der Waals surface area contributed by atoms with Crippen LogP contribution in [0.2, 0.25) is 0 Å². The highest BCUT2D eigenvalue weighted by Crippen LogP contribution is 2.39. The molecule has 0 aromatic carbocycles. The molecule has 3 nitrogen and oxygen atoms in total. The Morgan fingerprint density at radius 3 is 2.86 bits per heavy atom. The molecule has 0 amide bonds. The van der Waals surface area contributed by atoms with Crippen molar-refractivity contribution in [2.75, 3.05) is 6.66 Å². The molecule has 0 saturated heterocycles. The molecule has 1 aliphatic heterocycles. The lowest BCUT2D eigenvalue weighted by atomic mass is 12.0. The van der Waals surface area contributed by atoms with E-state index in [0.29, 0.717) is 0 Å². The van der Waals surface area contributed by atoms with E-state index >= 15 is 0 Å². The second-order valence-corrected chi connectivity index (χ2v) is 4.65. The number of nitrogens with zero attached hydrogens (tertiary/aromatic N) is 2. The van der Waals surface area contributed by atoms with Gasteiger partial charge >= 0.3 is 0 Å². The van der Waals surface area contributed by atoms with E-state index in [9.17, 15) is 0 Å². The standard InChI is InChI=1S/CH4N3P3/c1-7-3-5-2-6-4-7/h1H3,(H,2,3,4). The topological polar surface area (TPSA) is 36.8 Å². The normalized spacial score (nSPS) is 33.0. The van der Waals surface area contributed by atoms with Crippen LogP contribution in [-0.4, -0.2) is 6.66 Å². The molecule has 0 fully saturated rings. The first kappa shape index (κ1) is 5.72. The molecular formula is CH4N3P3. The summed E-state index contributed by atoms with van der Waals surface area (Å²) < 4.78 is 7.99. The molecule has 0 spiro atoms. The van der Waals surface area contributed by atoms with Crippen molar-refractivity contribution in [1.29, 1.82) is 0 Å². The Hall–Kier alpha value is 0.590. The van der Waals surface area contributed by atoms with Crippen LogP contribution in [-0.2, 0) is 0 Å². The van der Waals surface area contributed by atoms with E-state index in [4.69, 9.17) is 0 Å². The van der Waals surface area contributed by atoms with Gasteiger partial charge in [-0.25, -0.2) is 9.37 Å². The Morgan fingerprint density at radius 1 is 1.71 bits per heavy atom. The third-order valence-corrected chi connectivity index (χ3v) is 4.03. The third kappa shape index (κ3) is 1.88. The molecule has 1 aliphatic rings. The summed E-state index contributed by atoms with van der Waals surface area (Å²) in [6.07, 6.45) is 0. The lowest BCUT2D eigenvalue weighted by Crippen LogP contribution is -1.83. The first-order chi connectivity index (χ1) is 3.39. The fourth-order valence-electron chi connectivity index (χ4n) is 0.203. The predicted molar refractivity (Wildman–Crippen MR) is 34.7 cm³/mol. The van der Waals surface area contributed by atoms with Gasteiger partial charge in [0.05, 0.1) is 8.22 Å². The smallest absolute Gasteiger partial charge is 0.159 e. The Bertz CT molecular complexity index is 109. The molecule has 1 atom stereocenters. The van der Waals surface area contributed by atoms with Gasteiger partial charge in [-0.05, 0) is 6.66 Å². The second-order valence-electron chi connectivity index (χ2n) is 0.992. The van der Waals surface area contributed by atoms with Gasteiger partial charge in [-0.3, -0.25) is 0 Å². The summed E-state index contributed by atoms with van der Waals surface area (Å²) in [6, 6.07) is 0. The summed E-state index contributed by atoms with van der Waals surface area (Å²) in [6.45, 7) is 2.07. The average molecular weight is 151 g/mol. The van der Waals surface area contributed by atoms with Crippen molar-refractivity contribution in [3.05, 3.63) is 0 Å². The van der Waals surface area contributed by atoms with Crippen molar-refractivity contribution in [2.45, 2.75) is 0 Å². The zero-order chi connectivity index (χ0) is 5.11. The van der Waals surface area contributed by atoms with E-state index in [-0.39, 0.29) is 8.22 Å². The highest BCUT2D eigenvalue weighted by atomic mass is 31.2. The van der Waals surface area contributed by atoms with E-state index in [1.54, 1.807) is 0 Å². The first-order valence-corrected chi connectivity index (χ1v) is 5.08. The lowest BCUT2D eigenvalue weighted by Gasteiger charge is -2.01. The van der Waals surface area contributed by atoms with Crippen molar-refractivity contribution in [2.24, 2.45) is 9.03 Å².